The van der Waals surface area contributed by atoms with Crippen molar-refractivity contribution >= 4 is 46.5 Å². The first-order valence-corrected chi connectivity index (χ1v) is 13.0. The number of benzene rings is 4. The third-order valence-corrected chi connectivity index (χ3v) is 8.43. The molecule has 0 aliphatic heterocycles. The van der Waals surface area contributed by atoms with Gasteiger partial charge < -0.3 is 24.0 Å². The molecule has 1 aromatic heterocycles. The Bertz CT molecular complexity index is 1440. The summed E-state index contributed by atoms with van der Waals surface area (Å²) in [5.41, 5.74) is 1.63. The Kier molecular flexibility index (Phi) is 6.89. The van der Waals surface area contributed by atoms with E-state index < -0.39 is 8.07 Å². The zero-order valence-corrected chi connectivity index (χ0v) is 21.9. The lowest BCUT2D eigenvalue weighted by Crippen LogP contribution is -2.33. The lowest BCUT2D eigenvalue weighted by Gasteiger charge is -2.26. The minimum Gasteiger partial charge on any atom is -0.496 e. The molecule has 8 heteroatoms. The van der Waals surface area contributed by atoms with Crippen LogP contribution >= 0.6 is 8.07 Å². The van der Waals surface area contributed by atoms with Crippen LogP contribution in [0.1, 0.15) is 0 Å². The van der Waals surface area contributed by atoms with Crippen LogP contribution in [0.15, 0.2) is 84.9 Å². The predicted molar refractivity (Wildman–Crippen MR) is 149 cm³/mol. The number of nitrogens with zero attached hydrogens (tertiary/aromatic N) is 1. The van der Waals surface area contributed by atoms with Crippen LogP contribution in [0.3, 0.4) is 0 Å². The largest absolute Gasteiger partial charge is 0.496 e. The van der Waals surface area contributed by atoms with Crippen LogP contribution in [0.5, 0.6) is 23.0 Å². The summed E-state index contributed by atoms with van der Waals surface area (Å²) in [5, 5.41) is 6.72. The molecule has 5 aromatic rings. The van der Waals surface area contributed by atoms with E-state index in [1.165, 1.54) is 0 Å². The van der Waals surface area contributed by atoms with Crippen molar-refractivity contribution < 1.29 is 23.7 Å². The highest BCUT2D eigenvalue weighted by Crippen LogP contribution is 2.44. The summed E-state index contributed by atoms with van der Waals surface area (Å²) in [7, 11) is 4.76. The number of fused-ring (bicyclic) bond motifs is 3. The monoisotopic (exact) mass is 514 g/mol. The number of hydrogen-bond acceptors (Lipinski definition) is 5. The molecule has 1 N–H and O–H groups in total. The van der Waals surface area contributed by atoms with E-state index in [0.717, 1.165) is 21.8 Å². The molecular formula is C29H27N2O5P. The van der Waals surface area contributed by atoms with Crippen molar-refractivity contribution in [3.63, 3.8) is 0 Å². The smallest absolute Gasteiger partial charge is 0.330 e. The van der Waals surface area contributed by atoms with E-state index in [-0.39, 0.29) is 6.03 Å². The zero-order valence-electron chi connectivity index (χ0n) is 21.0. The van der Waals surface area contributed by atoms with Crippen LogP contribution in [0.4, 0.5) is 4.79 Å². The highest BCUT2D eigenvalue weighted by molar-refractivity contribution is 7.72. The van der Waals surface area contributed by atoms with E-state index in [1.807, 2.05) is 84.9 Å². The molecule has 188 valence electrons. The Labute approximate surface area is 216 Å². The van der Waals surface area contributed by atoms with Crippen LogP contribution in [0.25, 0.3) is 21.8 Å². The van der Waals surface area contributed by atoms with E-state index in [9.17, 15) is 4.79 Å². The number of carbonyl (C=O) groups is 1. The molecule has 5 rings (SSSR count). The van der Waals surface area contributed by atoms with Gasteiger partial charge >= 0.3 is 6.03 Å². The maximum Gasteiger partial charge on any atom is 0.330 e. The summed E-state index contributed by atoms with van der Waals surface area (Å²) in [6, 6.07) is 26.6. The van der Waals surface area contributed by atoms with Gasteiger partial charge in [0.25, 0.3) is 0 Å². The second-order valence-corrected chi connectivity index (χ2v) is 9.93. The predicted octanol–water partition coefficient (Wildman–Crippen LogP) is 5.43. The van der Waals surface area contributed by atoms with Gasteiger partial charge in [-0.15, -0.1) is 0 Å². The standard InChI is InChI=1S/C29H27N2O5P/c1-33-23-15-9-16-24(34-2)27(23)37(28-25(35-3)17-10-18-26(28)36-4)30-29(32)31-21-13-7-5-11-19(21)20-12-6-8-14-22(20)31/h5-18H,1-4H3,(H,30,32). The molecule has 0 atom stereocenters. The molecule has 0 bridgehead atoms. The van der Waals surface area contributed by atoms with Crippen molar-refractivity contribution in [1.29, 1.82) is 0 Å². The summed E-state index contributed by atoms with van der Waals surface area (Å²) < 4.78 is 24.7. The molecule has 0 unspecified atom stereocenters. The SMILES string of the molecule is COc1cccc(OC)c1P(NC(=O)n1c2ccccc2c2ccccc21)c1c(OC)cccc1OC. The number of amides is 1. The van der Waals surface area contributed by atoms with E-state index in [2.05, 4.69) is 5.09 Å². The van der Waals surface area contributed by atoms with Crippen molar-refractivity contribution in [3.8, 4) is 23.0 Å². The minimum atomic E-state index is -1.63. The van der Waals surface area contributed by atoms with E-state index in [1.54, 1.807) is 33.0 Å². The number of rotatable bonds is 7. The first-order valence-electron chi connectivity index (χ1n) is 11.6. The molecule has 37 heavy (non-hydrogen) atoms. The molecule has 0 aliphatic carbocycles. The van der Waals surface area contributed by atoms with Gasteiger partial charge in [-0.2, -0.15) is 0 Å². The molecule has 0 saturated carbocycles. The number of hydrogen-bond donors (Lipinski definition) is 1. The Hall–Kier alpha value is -4.22. The number of para-hydroxylation sites is 2. The zero-order chi connectivity index (χ0) is 25.9. The second-order valence-electron chi connectivity index (χ2n) is 8.14. The van der Waals surface area contributed by atoms with Crippen LogP contribution in [0, 0.1) is 0 Å². The summed E-state index contributed by atoms with van der Waals surface area (Å²) in [6.45, 7) is 0. The Morgan fingerprint density at radius 2 is 0.973 bits per heavy atom. The second kappa shape index (κ2) is 10.4. The average Bonchev–Trinajstić information content (AvgIpc) is 3.29. The van der Waals surface area contributed by atoms with Gasteiger partial charge in [0, 0.05) is 10.8 Å². The van der Waals surface area contributed by atoms with Crippen LogP contribution in [-0.2, 0) is 0 Å². The van der Waals surface area contributed by atoms with Gasteiger partial charge in [-0.05, 0) is 36.4 Å². The normalized spacial score (nSPS) is 11.1. The van der Waals surface area contributed by atoms with Gasteiger partial charge in [0.05, 0.1) is 58.2 Å². The van der Waals surface area contributed by atoms with E-state index in [0.29, 0.717) is 33.6 Å². The van der Waals surface area contributed by atoms with Crippen LogP contribution in [-0.4, -0.2) is 39.0 Å². The van der Waals surface area contributed by atoms with E-state index >= 15 is 0 Å². The molecule has 1 heterocycles. The van der Waals surface area contributed by atoms with Gasteiger partial charge in [0.1, 0.15) is 23.0 Å². The molecule has 0 spiro atoms. The number of ether oxygens (including phenoxy) is 4. The van der Waals surface area contributed by atoms with Gasteiger partial charge in [-0.25, -0.2) is 4.79 Å². The third kappa shape index (κ3) is 4.21. The first kappa shape index (κ1) is 24.5. The topological polar surface area (TPSA) is 71.0 Å². The minimum absolute atomic E-state index is 0.288. The fourth-order valence-electron chi connectivity index (χ4n) is 4.61. The third-order valence-electron chi connectivity index (χ3n) is 6.24. The Morgan fingerprint density at radius 1 is 0.595 bits per heavy atom. The van der Waals surface area contributed by atoms with Crippen LogP contribution in [0.2, 0.25) is 0 Å². The highest BCUT2D eigenvalue weighted by atomic mass is 31.1. The lowest BCUT2D eigenvalue weighted by molar-refractivity contribution is 0.249. The molecular weight excluding hydrogens is 487 g/mol. The summed E-state index contributed by atoms with van der Waals surface area (Å²) in [6.07, 6.45) is 0. The number of carbonyl (C=O) groups excluding carboxylic acids is 1. The Morgan fingerprint density at radius 3 is 1.35 bits per heavy atom. The maximum absolute atomic E-state index is 14.2. The number of methoxy groups -OCH3 is 4. The molecule has 0 radical (unpaired) electrons. The molecule has 4 aromatic carbocycles. The molecule has 0 saturated heterocycles. The quantitative estimate of drug-likeness (QED) is 0.293. The fourth-order valence-corrected chi connectivity index (χ4v) is 6.90. The van der Waals surface area contributed by atoms with Crippen LogP contribution < -0.4 is 34.6 Å². The van der Waals surface area contributed by atoms with Gasteiger partial charge in [0.2, 0.25) is 0 Å². The molecule has 1 amide bonds. The molecule has 0 aliphatic rings. The maximum atomic E-state index is 14.2. The van der Waals surface area contributed by atoms with Crippen molar-refractivity contribution in [2.45, 2.75) is 0 Å². The fraction of sp³-hybridized carbons (Fsp3) is 0.138. The average molecular weight is 515 g/mol. The van der Waals surface area contributed by atoms with Gasteiger partial charge in [-0.1, -0.05) is 48.5 Å². The first-order chi connectivity index (χ1) is 18.1. The summed E-state index contributed by atoms with van der Waals surface area (Å²) in [4.78, 5) is 14.2. The summed E-state index contributed by atoms with van der Waals surface area (Å²) >= 11 is 0. The number of nitrogens with one attached hydrogen (secondary N) is 1. The van der Waals surface area contributed by atoms with Gasteiger partial charge in [0.15, 0.2) is 0 Å². The van der Waals surface area contributed by atoms with Crippen molar-refractivity contribution in [1.82, 2.24) is 9.65 Å². The Balaban J connectivity index is 1.75. The lowest BCUT2D eigenvalue weighted by atomic mass is 10.2. The van der Waals surface area contributed by atoms with E-state index in [4.69, 9.17) is 18.9 Å². The summed E-state index contributed by atoms with van der Waals surface area (Å²) in [5.74, 6) is 2.34. The van der Waals surface area contributed by atoms with Gasteiger partial charge in [-0.3, -0.25) is 4.57 Å². The molecule has 0 fully saturated rings. The van der Waals surface area contributed by atoms with Crippen molar-refractivity contribution in [2.24, 2.45) is 0 Å². The van der Waals surface area contributed by atoms with Crippen molar-refractivity contribution in [3.05, 3.63) is 84.9 Å². The highest BCUT2D eigenvalue weighted by Gasteiger charge is 2.31. The molecule has 7 nitrogen and oxygen atoms in total. The number of aromatic nitrogens is 1. The van der Waals surface area contributed by atoms with Crippen molar-refractivity contribution in [2.75, 3.05) is 28.4 Å².